The minimum atomic E-state index is -1.09. The summed E-state index contributed by atoms with van der Waals surface area (Å²) in [4.78, 5) is 58.5. The third-order valence-corrected chi connectivity index (χ3v) is 6.92. The number of hydrogen-bond donors (Lipinski definition) is 2. The standard InChI is InChI=1S/C31H34N4O6/c1-3-41-31(40)34-16-17-35(21(2)20-34)30(39)25(14-15-28(36)37)33-29(38)27-19-24(22-10-6-4-7-11-22)18-26(32-27)23-12-8-5-9-13-23/h4-13,18-19,21,25H,3,14-17,20H2,1-2H3,(H,33,38)(H,36,37)/t21?,25-/m0/s1. The highest BCUT2D eigenvalue weighted by Crippen LogP contribution is 2.26. The van der Waals surface area contributed by atoms with Crippen LogP contribution in [0.25, 0.3) is 22.4 Å². The van der Waals surface area contributed by atoms with Gasteiger partial charge in [0.25, 0.3) is 5.91 Å². The number of nitrogens with zero attached hydrogens (tertiary/aromatic N) is 3. The molecule has 0 saturated carbocycles. The van der Waals surface area contributed by atoms with Crippen LogP contribution >= 0.6 is 0 Å². The molecule has 0 bridgehead atoms. The van der Waals surface area contributed by atoms with Crippen molar-refractivity contribution >= 4 is 23.9 Å². The fraction of sp³-hybridized carbons (Fsp3) is 0.323. The van der Waals surface area contributed by atoms with Crippen molar-refractivity contribution in [2.24, 2.45) is 0 Å². The Bertz CT molecular complexity index is 1320. The third kappa shape index (κ3) is 7.47. The van der Waals surface area contributed by atoms with Crippen LogP contribution in [-0.4, -0.2) is 82.1 Å². The monoisotopic (exact) mass is 558 g/mol. The lowest BCUT2D eigenvalue weighted by Crippen LogP contribution is -2.59. The van der Waals surface area contributed by atoms with Crippen molar-refractivity contribution in [2.45, 2.75) is 38.8 Å². The van der Waals surface area contributed by atoms with Crippen molar-refractivity contribution in [1.82, 2.24) is 20.1 Å². The Morgan fingerprint density at radius 3 is 2.24 bits per heavy atom. The van der Waals surface area contributed by atoms with Gasteiger partial charge in [0, 0.05) is 37.7 Å². The quantitative estimate of drug-likeness (QED) is 0.405. The van der Waals surface area contributed by atoms with Gasteiger partial charge in [-0.3, -0.25) is 14.4 Å². The first kappa shape index (κ1) is 29.3. The third-order valence-electron chi connectivity index (χ3n) is 6.92. The van der Waals surface area contributed by atoms with E-state index >= 15 is 0 Å². The van der Waals surface area contributed by atoms with E-state index in [0.29, 0.717) is 5.69 Å². The first-order valence-corrected chi connectivity index (χ1v) is 13.6. The van der Waals surface area contributed by atoms with E-state index in [4.69, 9.17) is 4.74 Å². The predicted molar refractivity (Wildman–Crippen MR) is 153 cm³/mol. The SMILES string of the molecule is CCOC(=O)N1CCN(C(=O)[C@H](CCC(=O)O)NC(=O)c2cc(-c3ccccc3)cc(-c3ccccc3)n2)C(C)C1. The second kappa shape index (κ2) is 13.6. The normalized spacial score (nSPS) is 15.6. The molecule has 4 rings (SSSR count). The van der Waals surface area contributed by atoms with Crippen molar-refractivity contribution in [1.29, 1.82) is 0 Å². The number of aromatic nitrogens is 1. The van der Waals surface area contributed by atoms with Crippen LogP contribution < -0.4 is 5.32 Å². The van der Waals surface area contributed by atoms with E-state index in [-0.39, 0.29) is 50.8 Å². The first-order valence-electron chi connectivity index (χ1n) is 13.6. The number of aliphatic carboxylic acids is 1. The Kier molecular flexibility index (Phi) is 9.68. The molecule has 1 saturated heterocycles. The van der Waals surface area contributed by atoms with Gasteiger partial charge in [-0.05, 0) is 43.5 Å². The largest absolute Gasteiger partial charge is 0.481 e. The summed E-state index contributed by atoms with van der Waals surface area (Å²) in [6, 6.07) is 21.2. The van der Waals surface area contributed by atoms with Crippen LogP contribution in [0.15, 0.2) is 72.8 Å². The maximum Gasteiger partial charge on any atom is 0.409 e. The number of hydrogen-bond acceptors (Lipinski definition) is 6. The van der Waals surface area contributed by atoms with Crippen LogP contribution in [0.1, 0.15) is 37.2 Å². The maximum atomic E-state index is 13.6. The molecule has 0 spiro atoms. The first-order chi connectivity index (χ1) is 19.8. The molecule has 10 nitrogen and oxygen atoms in total. The number of piperazine rings is 1. The second-order valence-electron chi connectivity index (χ2n) is 9.84. The number of carboxylic acid groups (broad SMARTS) is 1. The van der Waals surface area contributed by atoms with E-state index in [2.05, 4.69) is 10.3 Å². The molecule has 1 aliphatic heterocycles. The molecular formula is C31H34N4O6. The Morgan fingerprint density at radius 2 is 1.63 bits per heavy atom. The van der Waals surface area contributed by atoms with Crippen LogP contribution in [0.2, 0.25) is 0 Å². The fourth-order valence-electron chi connectivity index (χ4n) is 4.82. The van der Waals surface area contributed by atoms with E-state index in [0.717, 1.165) is 16.7 Å². The van der Waals surface area contributed by atoms with Crippen molar-refractivity contribution in [3.63, 3.8) is 0 Å². The number of ether oxygens (including phenoxy) is 1. The van der Waals surface area contributed by atoms with Gasteiger partial charge in [-0.15, -0.1) is 0 Å². The minimum absolute atomic E-state index is 0.0887. The van der Waals surface area contributed by atoms with E-state index in [1.54, 1.807) is 24.8 Å². The lowest BCUT2D eigenvalue weighted by atomic mass is 10.0. The molecule has 3 amide bonds. The van der Waals surface area contributed by atoms with Crippen LogP contribution in [0.3, 0.4) is 0 Å². The van der Waals surface area contributed by atoms with Gasteiger partial charge >= 0.3 is 12.1 Å². The van der Waals surface area contributed by atoms with Crippen molar-refractivity contribution in [3.8, 4) is 22.4 Å². The smallest absolute Gasteiger partial charge is 0.409 e. The summed E-state index contributed by atoms with van der Waals surface area (Å²) in [5, 5.41) is 12.1. The van der Waals surface area contributed by atoms with Crippen LogP contribution in [0, 0.1) is 0 Å². The highest BCUT2D eigenvalue weighted by molar-refractivity contribution is 5.98. The Morgan fingerprint density at radius 1 is 0.976 bits per heavy atom. The van der Waals surface area contributed by atoms with E-state index in [1.807, 2.05) is 66.7 Å². The van der Waals surface area contributed by atoms with Gasteiger partial charge in [0.1, 0.15) is 11.7 Å². The summed E-state index contributed by atoms with van der Waals surface area (Å²) in [6.07, 6.45) is -0.837. The number of carbonyl (C=O) groups is 4. The summed E-state index contributed by atoms with van der Waals surface area (Å²) in [6.45, 7) is 4.56. The molecule has 1 fully saturated rings. The molecule has 1 aromatic heterocycles. The number of carboxylic acids is 1. The van der Waals surface area contributed by atoms with E-state index in [1.165, 1.54) is 4.90 Å². The topological polar surface area (TPSA) is 129 Å². The molecule has 214 valence electrons. The summed E-state index contributed by atoms with van der Waals surface area (Å²) >= 11 is 0. The molecule has 2 aromatic carbocycles. The van der Waals surface area contributed by atoms with Crippen LogP contribution in [-0.2, 0) is 14.3 Å². The van der Waals surface area contributed by atoms with Crippen LogP contribution in [0.5, 0.6) is 0 Å². The Labute approximate surface area is 238 Å². The zero-order valence-corrected chi connectivity index (χ0v) is 23.2. The molecule has 0 radical (unpaired) electrons. The number of rotatable bonds is 9. The van der Waals surface area contributed by atoms with Gasteiger partial charge in [0.05, 0.1) is 12.3 Å². The van der Waals surface area contributed by atoms with Gasteiger partial charge < -0.3 is 25.0 Å². The fourth-order valence-corrected chi connectivity index (χ4v) is 4.82. The highest BCUT2D eigenvalue weighted by atomic mass is 16.6. The Hall–Kier alpha value is -4.73. The van der Waals surface area contributed by atoms with Gasteiger partial charge in [0.2, 0.25) is 5.91 Å². The Balaban J connectivity index is 1.59. The van der Waals surface area contributed by atoms with Crippen molar-refractivity contribution in [2.75, 3.05) is 26.2 Å². The predicted octanol–water partition coefficient (Wildman–Crippen LogP) is 4.07. The van der Waals surface area contributed by atoms with E-state index < -0.39 is 29.9 Å². The molecule has 1 unspecified atom stereocenters. The number of carbonyl (C=O) groups excluding carboxylic acids is 3. The minimum Gasteiger partial charge on any atom is -0.481 e. The van der Waals surface area contributed by atoms with Gasteiger partial charge in [-0.1, -0.05) is 60.7 Å². The second-order valence-corrected chi connectivity index (χ2v) is 9.84. The van der Waals surface area contributed by atoms with Gasteiger partial charge in [0.15, 0.2) is 0 Å². The van der Waals surface area contributed by atoms with Gasteiger partial charge in [-0.2, -0.15) is 0 Å². The number of amides is 3. The van der Waals surface area contributed by atoms with Crippen molar-refractivity contribution < 1.29 is 29.0 Å². The molecule has 41 heavy (non-hydrogen) atoms. The summed E-state index contributed by atoms with van der Waals surface area (Å²) in [7, 11) is 0. The molecule has 2 heterocycles. The highest BCUT2D eigenvalue weighted by Gasteiger charge is 2.35. The van der Waals surface area contributed by atoms with Crippen LogP contribution in [0.4, 0.5) is 4.79 Å². The maximum absolute atomic E-state index is 13.6. The molecule has 0 aliphatic carbocycles. The molecule has 2 atom stereocenters. The van der Waals surface area contributed by atoms with Gasteiger partial charge in [-0.25, -0.2) is 9.78 Å². The summed E-state index contributed by atoms with van der Waals surface area (Å²) in [5.41, 5.74) is 3.20. The summed E-state index contributed by atoms with van der Waals surface area (Å²) < 4.78 is 5.08. The average molecular weight is 559 g/mol. The summed E-state index contributed by atoms with van der Waals surface area (Å²) in [5.74, 6) is -2.06. The molecule has 2 N–H and O–H groups in total. The zero-order valence-electron chi connectivity index (χ0n) is 23.2. The molecule has 1 aliphatic rings. The molecular weight excluding hydrogens is 524 g/mol. The number of nitrogens with one attached hydrogen (secondary N) is 1. The van der Waals surface area contributed by atoms with E-state index in [9.17, 15) is 24.3 Å². The number of benzene rings is 2. The zero-order chi connectivity index (χ0) is 29.4. The molecule has 10 heteroatoms. The number of pyridine rings is 1. The molecule has 3 aromatic rings. The lowest BCUT2D eigenvalue weighted by Gasteiger charge is -2.40. The average Bonchev–Trinajstić information content (AvgIpc) is 2.99. The van der Waals surface area contributed by atoms with Crippen molar-refractivity contribution in [3.05, 3.63) is 78.5 Å². The lowest BCUT2D eigenvalue weighted by molar-refractivity contribution is -0.139.